The van der Waals surface area contributed by atoms with Crippen molar-refractivity contribution in [2.75, 3.05) is 36.4 Å². The third-order valence-corrected chi connectivity index (χ3v) is 6.19. The quantitative estimate of drug-likeness (QED) is 0.545. The third-order valence-electron chi connectivity index (χ3n) is 5.69. The molecule has 0 aliphatic carbocycles. The SMILES string of the molecule is CC(CC(=O)N1CCN(c2ccc(NC(=O)c3cccc(Br)c3)cc2)CC1)CC(C)(C)C. The Kier molecular flexibility index (Phi) is 7.99. The summed E-state index contributed by atoms with van der Waals surface area (Å²) in [5.74, 6) is 0.541. The highest BCUT2D eigenvalue weighted by Gasteiger charge is 2.24. The van der Waals surface area contributed by atoms with Gasteiger partial charge in [-0.3, -0.25) is 9.59 Å². The van der Waals surface area contributed by atoms with E-state index >= 15 is 0 Å². The van der Waals surface area contributed by atoms with Crippen LogP contribution in [0.1, 0.15) is 50.9 Å². The van der Waals surface area contributed by atoms with E-state index < -0.39 is 0 Å². The van der Waals surface area contributed by atoms with Crippen molar-refractivity contribution >= 4 is 39.1 Å². The second-order valence-corrected chi connectivity index (χ2v) is 10.9. The van der Waals surface area contributed by atoms with Crippen molar-refractivity contribution < 1.29 is 9.59 Å². The number of anilines is 2. The second-order valence-electron chi connectivity index (χ2n) is 9.95. The zero-order valence-corrected chi connectivity index (χ0v) is 21.1. The van der Waals surface area contributed by atoms with E-state index in [9.17, 15) is 9.59 Å². The molecule has 6 heteroatoms. The number of amides is 2. The van der Waals surface area contributed by atoms with E-state index in [2.05, 4.69) is 53.8 Å². The molecule has 1 unspecified atom stereocenters. The Bertz CT molecular complexity index is 929. The summed E-state index contributed by atoms with van der Waals surface area (Å²) in [6, 6.07) is 15.2. The summed E-state index contributed by atoms with van der Waals surface area (Å²) in [6.07, 6.45) is 1.69. The number of nitrogens with zero attached hydrogens (tertiary/aromatic N) is 2. The van der Waals surface area contributed by atoms with Crippen molar-refractivity contribution in [1.29, 1.82) is 0 Å². The molecular weight excluding hydrogens is 466 g/mol. The van der Waals surface area contributed by atoms with E-state index in [0.29, 0.717) is 17.9 Å². The monoisotopic (exact) mass is 499 g/mol. The van der Waals surface area contributed by atoms with Crippen molar-refractivity contribution in [3.05, 3.63) is 58.6 Å². The van der Waals surface area contributed by atoms with E-state index in [0.717, 1.165) is 48.4 Å². The van der Waals surface area contributed by atoms with Crippen LogP contribution in [0.2, 0.25) is 0 Å². The zero-order chi connectivity index (χ0) is 23.3. The van der Waals surface area contributed by atoms with Crippen LogP contribution in [0.5, 0.6) is 0 Å². The molecule has 172 valence electrons. The van der Waals surface area contributed by atoms with Crippen LogP contribution in [0, 0.1) is 11.3 Å². The Labute approximate surface area is 200 Å². The fourth-order valence-electron chi connectivity index (χ4n) is 4.35. The van der Waals surface area contributed by atoms with Gasteiger partial charge in [-0.25, -0.2) is 0 Å². The minimum atomic E-state index is -0.133. The Balaban J connectivity index is 1.49. The lowest BCUT2D eigenvalue weighted by Gasteiger charge is -2.37. The first-order valence-electron chi connectivity index (χ1n) is 11.3. The second kappa shape index (κ2) is 10.5. The zero-order valence-electron chi connectivity index (χ0n) is 19.5. The summed E-state index contributed by atoms with van der Waals surface area (Å²) >= 11 is 3.40. The van der Waals surface area contributed by atoms with Gasteiger partial charge in [0.1, 0.15) is 0 Å². The van der Waals surface area contributed by atoms with Crippen LogP contribution in [-0.4, -0.2) is 42.9 Å². The molecule has 1 aliphatic rings. The number of piperazine rings is 1. The molecule has 0 radical (unpaired) electrons. The number of hydrogen-bond acceptors (Lipinski definition) is 3. The molecular formula is C26H34BrN3O2. The molecule has 0 bridgehead atoms. The standard InChI is InChI=1S/C26H34BrN3O2/c1-19(18-26(2,3)4)16-24(31)30-14-12-29(13-15-30)23-10-8-22(9-11-23)28-25(32)20-6-5-7-21(27)17-20/h5-11,17,19H,12-16,18H2,1-4H3,(H,28,32). The number of nitrogens with one attached hydrogen (secondary N) is 1. The van der Waals surface area contributed by atoms with Crippen LogP contribution in [0.15, 0.2) is 53.0 Å². The van der Waals surface area contributed by atoms with Gasteiger partial charge in [-0.2, -0.15) is 0 Å². The van der Waals surface area contributed by atoms with Crippen molar-refractivity contribution in [1.82, 2.24) is 4.90 Å². The lowest BCUT2D eigenvalue weighted by atomic mass is 9.84. The first-order chi connectivity index (χ1) is 15.1. The van der Waals surface area contributed by atoms with E-state index in [-0.39, 0.29) is 17.2 Å². The molecule has 5 nitrogen and oxygen atoms in total. The van der Waals surface area contributed by atoms with Crippen LogP contribution >= 0.6 is 15.9 Å². The molecule has 3 rings (SSSR count). The van der Waals surface area contributed by atoms with Gasteiger partial charge in [-0.05, 0) is 60.2 Å². The summed E-state index contributed by atoms with van der Waals surface area (Å²) in [5, 5.41) is 2.94. The summed E-state index contributed by atoms with van der Waals surface area (Å²) in [7, 11) is 0. The lowest BCUT2D eigenvalue weighted by Crippen LogP contribution is -2.49. The fraction of sp³-hybridized carbons (Fsp3) is 0.462. The molecule has 32 heavy (non-hydrogen) atoms. The lowest BCUT2D eigenvalue weighted by molar-refractivity contribution is -0.132. The number of benzene rings is 2. The van der Waals surface area contributed by atoms with Gasteiger partial charge in [0, 0.05) is 54.0 Å². The molecule has 2 aromatic rings. The predicted octanol–water partition coefficient (Wildman–Crippen LogP) is 5.81. The summed E-state index contributed by atoms with van der Waals surface area (Å²) in [6.45, 7) is 12.0. The van der Waals surface area contributed by atoms with Gasteiger partial charge in [0.05, 0.1) is 0 Å². The van der Waals surface area contributed by atoms with Gasteiger partial charge in [-0.15, -0.1) is 0 Å². The Hall–Kier alpha value is -2.34. The van der Waals surface area contributed by atoms with Crippen molar-refractivity contribution in [2.24, 2.45) is 11.3 Å². The van der Waals surface area contributed by atoms with Crippen LogP contribution in [0.25, 0.3) is 0 Å². The number of rotatable bonds is 6. The third kappa shape index (κ3) is 7.09. The first kappa shape index (κ1) is 24.3. The Morgan fingerprint density at radius 2 is 1.69 bits per heavy atom. The van der Waals surface area contributed by atoms with Crippen LogP contribution in [-0.2, 0) is 4.79 Å². The van der Waals surface area contributed by atoms with E-state index in [1.807, 2.05) is 41.3 Å². The van der Waals surface area contributed by atoms with Crippen LogP contribution in [0.3, 0.4) is 0 Å². The normalized spacial score (nSPS) is 15.4. The molecule has 0 spiro atoms. The van der Waals surface area contributed by atoms with E-state index in [1.54, 1.807) is 12.1 Å². The highest BCUT2D eigenvalue weighted by atomic mass is 79.9. The molecule has 1 fully saturated rings. The molecule has 1 atom stereocenters. The molecule has 1 N–H and O–H groups in total. The molecule has 0 aromatic heterocycles. The van der Waals surface area contributed by atoms with Crippen molar-refractivity contribution in [3.63, 3.8) is 0 Å². The van der Waals surface area contributed by atoms with Crippen LogP contribution in [0.4, 0.5) is 11.4 Å². The summed E-state index contributed by atoms with van der Waals surface area (Å²) in [5.41, 5.74) is 2.74. The van der Waals surface area contributed by atoms with Gasteiger partial charge in [0.15, 0.2) is 0 Å². The van der Waals surface area contributed by atoms with Gasteiger partial charge < -0.3 is 15.1 Å². The largest absolute Gasteiger partial charge is 0.368 e. The van der Waals surface area contributed by atoms with Gasteiger partial charge in [-0.1, -0.05) is 49.7 Å². The van der Waals surface area contributed by atoms with Gasteiger partial charge >= 0.3 is 0 Å². The Morgan fingerprint density at radius 3 is 2.28 bits per heavy atom. The van der Waals surface area contributed by atoms with Crippen molar-refractivity contribution in [2.45, 2.75) is 40.5 Å². The van der Waals surface area contributed by atoms with Crippen molar-refractivity contribution in [3.8, 4) is 0 Å². The average molecular weight is 500 g/mol. The first-order valence-corrected chi connectivity index (χ1v) is 12.1. The van der Waals surface area contributed by atoms with Crippen LogP contribution < -0.4 is 10.2 Å². The maximum Gasteiger partial charge on any atom is 0.255 e. The fourth-order valence-corrected chi connectivity index (χ4v) is 4.75. The maximum absolute atomic E-state index is 12.7. The average Bonchev–Trinajstić information content (AvgIpc) is 2.73. The minimum absolute atomic E-state index is 0.133. The number of halogens is 1. The molecule has 2 amide bonds. The molecule has 2 aromatic carbocycles. The maximum atomic E-state index is 12.7. The number of hydrogen-bond donors (Lipinski definition) is 1. The van der Waals surface area contributed by atoms with E-state index in [4.69, 9.17) is 0 Å². The summed E-state index contributed by atoms with van der Waals surface area (Å²) in [4.78, 5) is 29.4. The highest BCUT2D eigenvalue weighted by molar-refractivity contribution is 9.10. The predicted molar refractivity (Wildman–Crippen MR) is 135 cm³/mol. The van der Waals surface area contributed by atoms with Gasteiger partial charge in [0.2, 0.25) is 5.91 Å². The van der Waals surface area contributed by atoms with E-state index in [1.165, 1.54) is 0 Å². The minimum Gasteiger partial charge on any atom is -0.368 e. The summed E-state index contributed by atoms with van der Waals surface area (Å²) < 4.78 is 0.877. The number of carbonyl (C=O) groups excluding carboxylic acids is 2. The topological polar surface area (TPSA) is 52.7 Å². The van der Waals surface area contributed by atoms with Gasteiger partial charge in [0.25, 0.3) is 5.91 Å². The molecule has 0 saturated carbocycles. The molecule has 1 saturated heterocycles. The Morgan fingerprint density at radius 1 is 1.03 bits per heavy atom. The highest BCUT2D eigenvalue weighted by Crippen LogP contribution is 2.27. The number of carbonyl (C=O) groups is 2. The molecule has 1 heterocycles. The smallest absolute Gasteiger partial charge is 0.255 e. The molecule has 1 aliphatic heterocycles.